The van der Waals surface area contributed by atoms with Gasteiger partial charge in [0.2, 0.25) is 0 Å². The zero-order chi connectivity index (χ0) is 20.0. The predicted molar refractivity (Wildman–Crippen MR) is 120 cm³/mol. The maximum Gasteiger partial charge on any atom is 0.169 e. The molecular weight excluding hydrogens is 374 g/mol. The van der Waals surface area contributed by atoms with Crippen molar-refractivity contribution in [3.8, 4) is 0 Å². The third-order valence-electron chi connectivity index (χ3n) is 5.73. The van der Waals surface area contributed by atoms with Gasteiger partial charge in [-0.2, -0.15) is 0 Å². The van der Waals surface area contributed by atoms with Crippen LogP contribution in [0, 0.1) is 5.92 Å². The summed E-state index contributed by atoms with van der Waals surface area (Å²) in [5, 5.41) is 20.5. The molecule has 166 valence electrons. The van der Waals surface area contributed by atoms with Gasteiger partial charge in [-0.1, -0.05) is 70.3 Å². The molecule has 1 fully saturated rings. The first-order chi connectivity index (χ1) is 13.0. The van der Waals surface area contributed by atoms with Gasteiger partial charge in [-0.15, -0.1) is 12.4 Å². The monoisotopic (exact) mass is 417 g/mol. The number of hydrogen-bond acceptors (Lipinski definition) is 4. The highest BCUT2D eigenvalue weighted by atomic mass is 35.5. The highest BCUT2D eigenvalue weighted by molar-refractivity contribution is 5.85. The number of aliphatic hydroxyl groups is 2. The SMILES string of the molecule is CCCCC/C=C\C/C=C\CCCCCCC(C(O)(O)CC)C1(N)CCO1.Cl. The van der Waals surface area contributed by atoms with Crippen LogP contribution in [0.15, 0.2) is 24.3 Å². The molecule has 1 saturated heterocycles. The van der Waals surface area contributed by atoms with Gasteiger partial charge >= 0.3 is 0 Å². The average Bonchev–Trinajstić information content (AvgIpc) is 2.63. The average molecular weight is 418 g/mol. The molecule has 0 radical (unpaired) electrons. The number of nitrogens with two attached hydrogens (primary N) is 1. The van der Waals surface area contributed by atoms with Crippen LogP contribution in [0.1, 0.15) is 97.3 Å². The van der Waals surface area contributed by atoms with Gasteiger partial charge in [0.15, 0.2) is 5.79 Å². The molecule has 4 nitrogen and oxygen atoms in total. The first-order valence-corrected chi connectivity index (χ1v) is 11.1. The molecule has 5 heteroatoms. The van der Waals surface area contributed by atoms with Gasteiger partial charge in [0.1, 0.15) is 5.72 Å². The lowest BCUT2D eigenvalue weighted by Crippen LogP contribution is -2.64. The minimum atomic E-state index is -1.73. The van der Waals surface area contributed by atoms with Crippen molar-refractivity contribution in [1.29, 1.82) is 0 Å². The van der Waals surface area contributed by atoms with Crippen LogP contribution in [0.5, 0.6) is 0 Å². The van der Waals surface area contributed by atoms with Gasteiger partial charge < -0.3 is 20.7 Å². The standard InChI is InChI=1S/C23H43NO3.ClH/c1-3-5-6-7-8-9-10-11-12-13-14-15-16-17-18-21(23(25,26)4-2)22(24)19-20-27-22;/h8-9,11-12,21,25-26H,3-7,10,13-20,24H2,1-2H3;1H/b9-8-,12-11-;. The zero-order valence-electron chi connectivity index (χ0n) is 18.1. The number of halogens is 1. The van der Waals surface area contributed by atoms with E-state index in [9.17, 15) is 10.2 Å². The summed E-state index contributed by atoms with van der Waals surface area (Å²) >= 11 is 0. The smallest absolute Gasteiger partial charge is 0.169 e. The van der Waals surface area contributed by atoms with Gasteiger partial charge in [-0.3, -0.25) is 0 Å². The van der Waals surface area contributed by atoms with Crippen molar-refractivity contribution in [2.45, 2.75) is 109 Å². The second-order valence-electron chi connectivity index (χ2n) is 8.00. The maximum absolute atomic E-state index is 10.3. The van der Waals surface area contributed by atoms with Crippen molar-refractivity contribution in [3.63, 3.8) is 0 Å². The number of allylic oxidation sites excluding steroid dienone is 4. The Morgan fingerprint density at radius 2 is 1.54 bits per heavy atom. The van der Waals surface area contributed by atoms with Gasteiger partial charge in [-0.05, 0) is 44.9 Å². The van der Waals surface area contributed by atoms with Crippen LogP contribution >= 0.6 is 12.4 Å². The summed E-state index contributed by atoms with van der Waals surface area (Å²) < 4.78 is 5.48. The van der Waals surface area contributed by atoms with Crippen LogP contribution in [0.4, 0.5) is 0 Å². The van der Waals surface area contributed by atoms with Gasteiger partial charge in [0.05, 0.1) is 12.5 Å². The molecule has 0 aromatic rings. The molecule has 0 aromatic heterocycles. The summed E-state index contributed by atoms with van der Waals surface area (Å²) in [6.45, 7) is 4.63. The number of rotatable bonds is 16. The molecule has 0 amide bonds. The van der Waals surface area contributed by atoms with Gasteiger partial charge in [0, 0.05) is 6.42 Å². The van der Waals surface area contributed by atoms with Crippen LogP contribution in [-0.4, -0.2) is 28.3 Å². The number of hydrogen-bond donors (Lipinski definition) is 3. The molecule has 1 heterocycles. The first-order valence-electron chi connectivity index (χ1n) is 11.1. The third kappa shape index (κ3) is 10.4. The second-order valence-corrected chi connectivity index (χ2v) is 8.00. The third-order valence-corrected chi connectivity index (χ3v) is 5.73. The van der Waals surface area contributed by atoms with Crippen molar-refractivity contribution in [3.05, 3.63) is 24.3 Å². The quantitative estimate of drug-likeness (QED) is 0.173. The van der Waals surface area contributed by atoms with Crippen LogP contribution in [0.25, 0.3) is 0 Å². The maximum atomic E-state index is 10.3. The summed E-state index contributed by atoms with van der Waals surface area (Å²) in [6, 6.07) is 0. The lowest BCUT2D eigenvalue weighted by atomic mass is 9.78. The molecule has 0 saturated carbocycles. The van der Waals surface area contributed by atoms with Crippen molar-refractivity contribution >= 4 is 12.4 Å². The molecule has 1 aliphatic heterocycles. The van der Waals surface area contributed by atoms with E-state index in [1.807, 2.05) is 0 Å². The number of ether oxygens (including phenoxy) is 1. The molecule has 0 aromatic carbocycles. The minimum Gasteiger partial charge on any atom is -0.365 e. The van der Waals surface area contributed by atoms with E-state index in [1.165, 1.54) is 38.5 Å². The van der Waals surface area contributed by atoms with Crippen LogP contribution in [-0.2, 0) is 4.74 Å². The molecule has 28 heavy (non-hydrogen) atoms. The van der Waals surface area contributed by atoms with E-state index in [0.29, 0.717) is 19.4 Å². The molecule has 0 spiro atoms. The summed E-state index contributed by atoms with van der Waals surface area (Å²) in [4.78, 5) is 0. The summed E-state index contributed by atoms with van der Waals surface area (Å²) in [5.74, 6) is -2.14. The topological polar surface area (TPSA) is 75.7 Å². The highest BCUT2D eigenvalue weighted by Gasteiger charge is 2.50. The second kappa shape index (κ2) is 15.4. The normalized spacial score (nSPS) is 21.0. The molecule has 1 aliphatic rings. The molecule has 1 rings (SSSR count). The van der Waals surface area contributed by atoms with E-state index in [1.54, 1.807) is 6.92 Å². The summed E-state index contributed by atoms with van der Waals surface area (Å²) in [7, 11) is 0. The lowest BCUT2D eigenvalue weighted by Gasteiger charge is -2.48. The Bertz CT molecular complexity index is 422. The Labute approximate surface area is 179 Å². The fourth-order valence-electron chi connectivity index (χ4n) is 3.71. The van der Waals surface area contributed by atoms with E-state index >= 15 is 0 Å². The predicted octanol–water partition coefficient (Wildman–Crippen LogP) is 5.61. The fraction of sp³-hybridized carbons (Fsp3) is 0.826. The summed E-state index contributed by atoms with van der Waals surface area (Å²) in [6.07, 6.45) is 22.5. The largest absolute Gasteiger partial charge is 0.365 e. The van der Waals surface area contributed by atoms with E-state index in [-0.39, 0.29) is 18.8 Å². The van der Waals surface area contributed by atoms with Crippen LogP contribution in [0.2, 0.25) is 0 Å². The Morgan fingerprint density at radius 3 is 2.04 bits per heavy atom. The molecule has 0 aliphatic carbocycles. The molecule has 2 atom stereocenters. The van der Waals surface area contributed by atoms with Gasteiger partial charge in [0.25, 0.3) is 0 Å². The van der Waals surface area contributed by atoms with Gasteiger partial charge in [-0.25, -0.2) is 0 Å². The first kappa shape index (κ1) is 27.6. The van der Waals surface area contributed by atoms with E-state index in [4.69, 9.17) is 10.5 Å². The van der Waals surface area contributed by atoms with Crippen molar-refractivity contribution < 1.29 is 14.9 Å². The number of unbranched alkanes of at least 4 members (excludes halogenated alkanes) is 7. The van der Waals surface area contributed by atoms with Crippen molar-refractivity contribution in [2.75, 3.05) is 6.61 Å². The Hall–Kier alpha value is -0.390. The van der Waals surface area contributed by atoms with E-state index in [0.717, 1.165) is 25.7 Å². The molecule has 0 bridgehead atoms. The molecular formula is C23H44ClNO3. The van der Waals surface area contributed by atoms with Crippen LogP contribution in [0.3, 0.4) is 0 Å². The van der Waals surface area contributed by atoms with Crippen LogP contribution < -0.4 is 5.73 Å². The van der Waals surface area contributed by atoms with E-state index in [2.05, 4.69) is 31.2 Å². The zero-order valence-corrected chi connectivity index (χ0v) is 18.9. The van der Waals surface area contributed by atoms with Crippen molar-refractivity contribution in [2.24, 2.45) is 11.7 Å². The Balaban J connectivity index is 0.00000729. The van der Waals surface area contributed by atoms with E-state index < -0.39 is 17.4 Å². The summed E-state index contributed by atoms with van der Waals surface area (Å²) in [5.41, 5.74) is 5.35. The Morgan fingerprint density at radius 1 is 0.964 bits per heavy atom. The minimum absolute atomic E-state index is 0. The molecule has 2 unspecified atom stereocenters. The molecule has 4 N–H and O–H groups in total. The highest BCUT2D eigenvalue weighted by Crippen LogP contribution is 2.39. The lowest BCUT2D eigenvalue weighted by molar-refractivity contribution is -0.287. The van der Waals surface area contributed by atoms with Crippen molar-refractivity contribution in [1.82, 2.24) is 0 Å². The fourth-order valence-corrected chi connectivity index (χ4v) is 3.71. The Kier molecular flexibility index (Phi) is 15.2.